The van der Waals surface area contributed by atoms with Gasteiger partial charge in [-0.1, -0.05) is 0 Å². The minimum Gasteiger partial charge on any atom is -0.496 e. The first-order chi connectivity index (χ1) is 7.51. The number of benzene rings is 1. The molecule has 0 aliphatic heterocycles. The smallest absolute Gasteiger partial charge is 0.335 e. The van der Waals surface area contributed by atoms with Crippen molar-refractivity contribution in [2.45, 2.75) is 6.43 Å². The van der Waals surface area contributed by atoms with E-state index >= 15 is 0 Å². The van der Waals surface area contributed by atoms with Gasteiger partial charge in [-0.3, -0.25) is 0 Å². The van der Waals surface area contributed by atoms with E-state index in [0.717, 1.165) is 12.1 Å². The number of carbonyl (C=O) groups is 1. The van der Waals surface area contributed by atoms with Crippen LogP contribution in [0.15, 0.2) is 12.1 Å². The summed E-state index contributed by atoms with van der Waals surface area (Å²) >= 11 is 0. The van der Waals surface area contributed by atoms with E-state index in [1.807, 2.05) is 0 Å². The molecule has 0 fully saturated rings. The Labute approximate surface area is 90.4 Å². The maximum atomic E-state index is 12.7. The lowest BCUT2D eigenvalue weighted by molar-refractivity contribution is 0.0695. The fraction of sp³-hybridized carbons (Fsp3) is 0.300. The van der Waals surface area contributed by atoms with Crippen molar-refractivity contribution in [3.8, 4) is 11.5 Å². The van der Waals surface area contributed by atoms with Gasteiger partial charge in [0.25, 0.3) is 6.43 Å². The van der Waals surface area contributed by atoms with Gasteiger partial charge in [-0.15, -0.1) is 0 Å². The standard InChI is InChI=1S/C10H10F2O4/c1-15-6-3-5(10(13)14)4-7(16-2)8(6)9(11)12/h3-4,9H,1-2H3,(H,13,14). The van der Waals surface area contributed by atoms with E-state index in [0.29, 0.717) is 0 Å². The highest BCUT2D eigenvalue weighted by molar-refractivity contribution is 5.89. The molecule has 0 bridgehead atoms. The van der Waals surface area contributed by atoms with E-state index in [9.17, 15) is 13.6 Å². The molecule has 1 aromatic carbocycles. The predicted octanol–water partition coefficient (Wildman–Crippen LogP) is 2.34. The van der Waals surface area contributed by atoms with Crippen LogP contribution in [0.4, 0.5) is 8.78 Å². The summed E-state index contributed by atoms with van der Waals surface area (Å²) in [6, 6.07) is 2.07. The summed E-state index contributed by atoms with van der Waals surface area (Å²) in [5.74, 6) is -1.64. The van der Waals surface area contributed by atoms with Gasteiger partial charge in [0.05, 0.1) is 19.8 Å². The summed E-state index contributed by atoms with van der Waals surface area (Å²) in [6.45, 7) is 0. The molecule has 0 atom stereocenters. The quantitative estimate of drug-likeness (QED) is 0.865. The summed E-state index contributed by atoms with van der Waals surface area (Å²) in [6.07, 6.45) is -2.80. The average Bonchev–Trinajstić information content (AvgIpc) is 2.26. The Morgan fingerprint density at radius 1 is 1.25 bits per heavy atom. The molecule has 88 valence electrons. The van der Waals surface area contributed by atoms with Gasteiger partial charge in [0.1, 0.15) is 17.1 Å². The lowest BCUT2D eigenvalue weighted by atomic mass is 10.1. The first kappa shape index (κ1) is 12.2. The van der Waals surface area contributed by atoms with Gasteiger partial charge in [-0.2, -0.15) is 0 Å². The molecule has 0 amide bonds. The Kier molecular flexibility index (Phi) is 3.65. The first-order valence-corrected chi connectivity index (χ1v) is 4.28. The normalized spacial score (nSPS) is 10.3. The summed E-state index contributed by atoms with van der Waals surface area (Å²) in [7, 11) is 2.37. The Morgan fingerprint density at radius 3 is 1.94 bits per heavy atom. The zero-order chi connectivity index (χ0) is 12.3. The number of hydrogen-bond acceptors (Lipinski definition) is 3. The van der Waals surface area contributed by atoms with Crippen LogP contribution in [0.25, 0.3) is 0 Å². The molecule has 0 saturated heterocycles. The van der Waals surface area contributed by atoms with E-state index in [-0.39, 0.29) is 17.1 Å². The van der Waals surface area contributed by atoms with E-state index in [2.05, 4.69) is 0 Å². The largest absolute Gasteiger partial charge is 0.496 e. The minimum atomic E-state index is -2.80. The van der Waals surface area contributed by atoms with Crippen LogP contribution in [0.2, 0.25) is 0 Å². The van der Waals surface area contributed by atoms with Gasteiger partial charge in [0.15, 0.2) is 0 Å². The number of methoxy groups -OCH3 is 2. The molecule has 0 saturated carbocycles. The minimum absolute atomic E-state index is 0.168. The molecule has 0 unspecified atom stereocenters. The zero-order valence-electron chi connectivity index (χ0n) is 8.66. The molecule has 0 spiro atoms. The lowest BCUT2D eigenvalue weighted by Crippen LogP contribution is -2.03. The van der Waals surface area contributed by atoms with Gasteiger partial charge < -0.3 is 14.6 Å². The Morgan fingerprint density at radius 2 is 1.69 bits per heavy atom. The van der Waals surface area contributed by atoms with E-state index < -0.39 is 18.0 Å². The van der Waals surface area contributed by atoms with Crippen molar-refractivity contribution in [2.24, 2.45) is 0 Å². The third-order valence-electron chi connectivity index (χ3n) is 2.01. The molecular formula is C10H10F2O4. The highest BCUT2D eigenvalue weighted by atomic mass is 19.3. The van der Waals surface area contributed by atoms with Crippen molar-refractivity contribution < 1.29 is 28.2 Å². The van der Waals surface area contributed by atoms with Crippen LogP contribution in [0.1, 0.15) is 22.3 Å². The monoisotopic (exact) mass is 232 g/mol. The summed E-state index contributed by atoms with van der Waals surface area (Å²) in [4.78, 5) is 10.7. The molecule has 0 aliphatic rings. The molecule has 0 aliphatic carbocycles. The van der Waals surface area contributed by atoms with Crippen molar-refractivity contribution in [2.75, 3.05) is 14.2 Å². The van der Waals surface area contributed by atoms with Crippen molar-refractivity contribution in [3.05, 3.63) is 23.3 Å². The fourth-order valence-corrected chi connectivity index (χ4v) is 1.28. The van der Waals surface area contributed by atoms with Crippen LogP contribution in [0.5, 0.6) is 11.5 Å². The van der Waals surface area contributed by atoms with Crippen LogP contribution in [-0.4, -0.2) is 25.3 Å². The van der Waals surface area contributed by atoms with E-state index in [1.54, 1.807) is 0 Å². The molecule has 0 heterocycles. The van der Waals surface area contributed by atoms with Crippen LogP contribution in [0, 0.1) is 0 Å². The predicted molar refractivity (Wildman–Crippen MR) is 51.5 cm³/mol. The maximum Gasteiger partial charge on any atom is 0.335 e. The summed E-state index contributed by atoms with van der Waals surface area (Å²) in [5, 5.41) is 8.76. The Bertz CT molecular complexity index is 379. The van der Waals surface area contributed by atoms with Crippen LogP contribution in [-0.2, 0) is 0 Å². The molecule has 1 rings (SSSR count). The summed E-state index contributed by atoms with van der Waals surface area (Å²) < 4.78 is 34.8. The van der Waals surface area contributed by atoms with Crippen LogP contribution >= 0.6 is 0 Å². The van der Waals surface area contributed by atoms with Crippen LogP contribution < -0.4 is 9.47 Å². The average molecular weight is 232 g/mol. The molecule has 1 aromatic rings. The van der Waals surface area contributed by atoms with Crippen molar-refractivity contribution in [1.82, 2.24) is 0 Å². The maximum absolute atomic E-state index is 12.7. The van der Waals surface area contributed by atoms with Gasteiger partial charge in [0.2, 0.25) is 0 Å². The van der Waals surface area contributed by atoms with Gasteiger partial charge >= 0.3 is 5.97 Å². The topological polar surface area (TPSA) is 55.8 Å². The third kappa shape index (κ3) is 2.21. The second-order valence-electron chi connectivity index (χ2n) is 2.90. The van der Waals surface area contributed by atoms with E-state index in [1.165, 1.54) is 14.2 Å². The van der Waals surface area contributed by atoms with Gasteiger partial charge in [-0.05, 0) is 12.1 Å². The van der Waals surface area contributed by atoms with Gasteiger partial charge in [0, 0.05) is 0 Å². The number of alkyl halides is 2. The van der Waals surface area contributed by atoms with Crippen LogP contribution in [0.3, 0.4) is 0 Å². The first-order valence-electron chi connectivity index (χ1n) is 4.28. The van der Waals surface area contributed by atoms with E-state index in [4.69, 9.17) is 14.6 Å². The molecule has 6 heteroatoms. The van der Waals surface area contributed by atoms with Gasteiger partial charge in [-0.25, -0.2) is 13.6 Å². The zero-order valence-corrected chi connectivity index (χ0v) is 8.66. The molecule has 1 N–H and O–H groups in total. The number of carboxylic acids is 1. The van der Waals surface area contributed by atoms with Crippen molar-refractivity contribution >= 4 is 5.97 Å². The molecule has 0 radical (unpaired) electrons. The lowest BCUT2D eigenvalue weighted by Gasteiger charge is -2.13. The highest BCUT2D eigenvalue weighted by Crippen LogP contribution is 2.38. The number of rotatable bonds is 4. The summed E-state index contributed by atoms with van der Waals surface area (Å²) in [5.41, 5.74) is -0.617. The van der Waals surface area contributed by atoms with Crippen molar-refractivity contribution in [3.63, 3.8) is 0 Å². The molecule has 16 heavy (non-hydrogen) atoms. The number of hydrogen-bond donors (Lipinski definition) is 1. The Hall–Kier alpha value is -1.85. The SMILES string of the molecule is COc1cc(C(=O)O)cc(OC)c1C(F)F. The number of ether oxygens (including phenoxy) is 2. The molecular weight excluding hydrogens is 222 g/mol. The number of aromatic carboxylic acids is 1. The number of halogens is 2. The second-order valence-corrected chi connectivity index (χ2v) is 2.90. The highest BCUT2D eigenvalue weighted by Gasteiger charge is 2.22. The second kappa shape index (κ2) is 4.78. The Balaban J connectivity index is 3.42. The molecule has 4 nitrogen and oxygen atoms in total. The number of carboxylic acid groups (broad SMARTS) is 1. The fourth-order valence-electron chi connectivity index (χ4n) is 1.28. The third-order valence-corrected chi connectivity index (χ3v) is 2.01. The molecule has 0 aromatic heterocycles. The van der Waals surface area contributed by atoms with Crippen molar-refractivity contribution in [1.29, 1.82) is 0 Å².